The lowest BCUT2D eigenvalue weighted by atomic mass is 10.1. The first-order chi connectivity index (χ1) is 9.83. The fraction of sp³-hybridized carbons (Fsp3) is 0.412. The van der Waals surface area contributed by atoms with Crippen molar-refractivity contribution in [1.29, 1.82) is 0 Å². The summed E-state index contributed by atoms with van der Waals surface area (Å²) in [5.41, 5.74) is 3.98. The van der Waals surface area contributed by atoms with Crippen LogP contribution >= 0.6 is 12.2 Å². The maximum absolute atomic E-state index is 5.49. The fourth-order valence-corrected chi connectivity index (χ4v) is 3.21. The number of hydrogen-bond donors (Lipinski definition) is 1. The first-order valence-corrected chi connectivity index (χ1v) is 7.88. The largest absolute Gasteiger partial charge is 0.347 e. The Kier molecular flexibility index (Phi) is 4.26. The molecule has 0 spiro atoms. The molecular weight excluding hydrogens is 264 g/mol. The molecule has 0 saturated carbocycles. The van der Waals surface area contributed by atoms with Gasteiger partial charge in [-0.25, -0.2) is 4.98 Å². The highest BCUT2D eigenvalue weighted by Gasteiger charge is 2.12. The van der Waals surface area contributed by atoms with E-state index in [1.165, 1.54) is 36.1 Å². The number of aromatic nitrogens is 2. The topological polar surface area (TPSA) is 28.7 Å². The van der Waals surface area contributed by atoms with E-state index in [1.807, 2.05) is 0 Å². The molecule has 0 saturated heterocycles. The van der Waals surface area contributed by atoms with Crippen LogP contribution in [0.15, 0.2) is 30.3 Å². The van der Waals surface area contributed by atoms with Crippen molar-refractivity contribution in [3.63, 3.8) is 0 Å². The Labute approximate surface area is 125 Å². The summed E-state index contributed by atoms with van der Waals surface area (Å²) >= 11 is 5.49. The molecule has 1 aromatic carbocycles. The molecule has 0 fully saturated rings. The highest BCUT2D eigenvalue weighted by atomic mass is 32.1. The van der Waals surface area contributed by atoms with Crippen LogP contribution < -0.4 is 0 Å². The average Bonchev–Trinajstić information content (AvgIpc) is 2.72. The zero-order valence-electron chi connectivity index (χ0n) is 11.7. The predicted octanol–water partition coefficient (Wildman–Crippen LogP) is 4.19. The third kappa shape index (κ3) is 3.15. The van der Waals surface area contributed by atoms with Crippen LogP contribution in [0.25, 0.3) is 0 Å². The quantitative estimate of drug-likeness (QED) is 0.676. The van der Waals surface area contributed by atoms with Crippen LogP contribution in [-0.2, 0) is 25.7 Å². The standard InChI is InChI=1S/C17H20N2S/c20-17-14-9-5-2-6-10-15(14)18-16(19-17)12-11-13-7-3-1-4-8-13/h1,3-4,7-8H,2,5-6,9-12H2,(H,18,19,20). The van der Waals surface area contributed by atoms with E-state index in [0.29, 0.717) is 0 Å². The Morgan fingerprint density at radius 1 is 1.00 bits per heavy atom. The Bertz CT molecular complexity index is 631. The molecule has 0 aliphatic heterocycles. The van der Waals surface area contributed by atoms with Crippen molar-refractivity contribution < 1.29 is 0 Å². The zero-order valence-corrected chi connectivity index (χ0v) is 12.5. The van der Waals surface area contributed by atoms with Crippen molar-refractivity contribution in [3.05, 3.63) is 57.6 Å². The lowest BCUT2D eigenvalue weighted by Gasteiger charge is -2.09. The van der Waals surface area contributed by atoms with Crippen LogP contribution in [0, 0.1) is 4.64 Å². The summed E-state index contributed by atoms with van der Waals surface area (Å²) in [6.07, 6.45) is 7.97. The third-order valence-electron chi connectivity index (χ3n) is 4.00. The lowest BCUT2D eigenvalue weighted by Crippen LogP contribution is -2.06. The number of H-pyrrole nitrogens is 1. The van der Waals surface area contributed by atoms with Gasteiger partial charge in [0.2, 0.25) is 0 Å². The smallest absolute Gasteiger partial charge is 0.133 e. The Morgan fingerprint density at radius 2 is 1.80 bits per heavy atom. The second kappa shape index (κ2) is 6.31. The van der Waals surface area contributed by atoms with Gasteiger partial charge in [0.25, 0.3) is 0 Å². The first kappa shape index (κ1) is 13.5. The van der Waals surface area contributed by atoms with E-state index in [4.69, 9.17) is 12.2 Å². The van der Waals surface area contributed by atoms with E-state index >= 15 is 0 Å². The van der Waals surface area contributed by atoms with Crippen molar-refractivity contribution >= 4 is 12.2 Å². The fourth-order valence-electron chi connectivity index (χ4n) is 2.87. The van der Waals surface area contributed by atoms with E-state index in [2.05, 4.69) is 40.3 Å². The van der Waals surface area contributed by atoms with Crippen molar-refractivity contribution in [2.75, 3.05) is 0 Å². The first-order valence-electron chi connectivity index (χ1n) is 7.48. The SMILES string of the molecule is S=c1nc(CCc2ccccc2)[nH]c2c1CCCCC2. The van der Waals surface area contributed by atoms with Crippen LogP contribution in [0.2, 0.25) is 0 Å². The van der Waals surface area contributed by atoms with E-state index in [0.717, 1.165) is 36.1 Å². The second-order valence-corrected chi connectivity index (χ2v) is 5.88. The minimum atomic E-state index is 0.823. The number of nitrogens with one attached hydrogen (secondary N) is 1. The molecule has 1 aromatic heterocycles. The molecule has 104 valence electrons. The number of rotatable bonds is 3. The average molecular weight is 284 g/mol. The monoisotopic (exact) mass is 284 g/mol. The van der Waals surface area contributed by atoms with Crippen molar-refractivity contribution in [2.45, 2.75) is 44.9 Å². The molecule has 0 bridgehead atoms. The highest BCUT2D eigenvalue weighted by Crippen LogP contribution is 2.20. The molecule has 3 rings (SSSR count). The van der Waals surface area contributed by atoms with Gasteiger partial charge in [-0.15, -0.1) is 0 Å². The summed E-state index contributed by atoms with van der Waals surface area (Å²) in [5.74, 6) is 1.04. The van der Waals surface area contributed by atoms with Gasteiger partial charge in [0.15, 0.2) is 0 Å². The Morgan fingerprint density at radius 3 is 2.65 bits per heavy atom. The van der Waals surface area contributed by atoms with Gasteiger partial charge in [0.05, 0.1) is 0 Å². The number of aryl methyl sites for hydroxylation is 3. The number of aromatic amines is 1. The highest BCUT2D eigenvalue weighted by molar-refractivity contribution is 7.71. The molecule has 0 atom stereocenters. The maximum Gasteiger partial charge on any atom is 0.133 e. The summed E-state index contributed by atoms with van der Waals surface area (Å²) in [7, 11) is 0. The molecule has 2 aromatic rings. The number of nitrogens with zero attached hydrogens (tertiary/aromatic N) is 1. The van der Waals surface area contributed by atoms with E-state index in [1.54, 1.807) is 0 Å². The molecule has 0 amide bonds. The van der Waals surface area contributed by atoms with Crippen molar-refractivity contribution in [2.24, 2.45) is 0 Å². The van der Waals surface area contributed by atoms with Crippen LogP contribution in [0.1, 0.15) is 41.9 Å². The van der Waals surface area contributed by atoms with Gasteiger partial charge in [0.1, 0.15) is 10.5 Å². The van der Waals surface area contributed by atoms with E-state index < -0.39 is 0 Å². The maximum atomic E-state index is 5.49. The summed E-state index contributed by atoms with van der Waals surface area (Å²) in [6.45, 7) is 0. The minimum absolute atomic E-state index is 0.823. The molecular formula is C17H20N2S. The molecule has 1 aliphatic rings. The zero-order chi connectivity index (χ0) is 13.8. The van der Waals surface area contributed by atoms with Gasteiger partial charge in [-0.3, -0.25) is 0 Å². The molecule has 1 N–H and O–H groups in total. The van der Waals surface area contributed by atoms with Gasteiger partial charge in [0, 0.05) is 17.7 Å². The lowest BCUT2D eigenvalue weighted by molar-refractivity contribution is 0.707. The van der Waals surface area contributed by atoms with Gasteiger partial charge in [-0.1, -0.05) is 49.0 Å². The number of fused-ring (bicyclic) bond motifs is 1. The van der Waals surface area contributed by atoms with Gasteiger partial charge in [-0.05, 0) is 37.7 Å². The third-order valence-corrected chi connectivity index (χ3v) is 4.34. The summed E-state index contributed by atoms with van der Waals surface area (Å²) in [5, 5.41) is 0. The van der Waals surface area contributed by atoms with Crippen molar-refractivity contribution in [3.8, 4) is 0 Å². The Balaban J connectivity index is 1.79. The molecule has 0 unspecified atom stereocenters. The number of hydrogen-bond acceptors (Lipinski definition) is 2. The normalized spacial score (nSPS) is 14.6. The van der Waals surface area contributed by atoms with Crippen LogP contribution in [0.5, 0.6) is 0 Å². The van der Waals surface area contributed by atoms with Crippen LogP contribution in [0.3, 0.4) is 0 Å². The van der Waals surface area contributed by atoms with Crippen LogP contribution in [-0.4, -0.2) is 9.97 Å². The van der Waals surface area contributed by atoms with Gasteiger partial charge in [-0.2, -0.15) is 0 Å². The summed E-state index contributed by atoms with van der Waals surface area (Å²) < 4.78 is 0.823. The molecule has 0 radical (unpaired) electrons. The predicted molar refractivity (Wildman–Crippen MR) is 84.5 cm³/mol. The second-order valence-electron chi connectivity index (χ2n) is 5.49. The Hall–Kier alpha value is -1.48. The molecule has 1 heterocycles. The van der Waals surface area contributed by atoms with Gasteiger partial charge >= 0.3 is 0 Å². The minimum Gasteiger partial charge on any atom is -0.347 e. The number of benzene rings is 1. The van der Waals surface area contributed by atoms with Crippen LogP contribution in [0.4, 0.5) is 0 Å². The van der Waals surface area contributed by atoms with Gasteiger partial charge < -0.3 is 4.98 Å². The van der Waals surface area contributed by atoms with E-state index in [-0.39, 0.29) is 0 Å². The molecule has 2 nitrogen and oxygen atoms in total. The molecule has 1 aliphatic carbocycles. The summed E-state index contributed by atoms with van der Waals surface area (Å²) in [4.78, 5) is 8.14. The summed E-state index contributed by atoms with van der Waals surface area (Å²) in [6, 6.07) is 10.6. The van der Waals surface area contributed by atoms with E-state index in [9.17, 15) is 0 Å². The molecule has 3 heteroatoms. The molecule has 20 heavy (non-hydrogen) atoms. The van der Waals surface area contributed by atoms with Crippen molar-refractivity contribution in [1.82, 2.24) is 9.97 Å².